The van der Waals surface area contributed by atoms with Gasteiger partial charge in [-0.1, -0.05) is 43.3 Å². The van der Waals surface area contributed by atoms with Gasteiger partial charge in [-0.15, -0.1) is 0 Å². The lowest BCUT2D eigenvalue weighted by molar-refractivity contribution is 0.0558. The van der Waals surface area contributed by atoms with Crippen LogP contribution in [0.2, 0.25) is 0 Å². The van der Waals surface area contributed by atoms with Crippen molar-refractivity contribution in [2.45, 2.75) is 32.2 Å². The van der Waals surface area contributed by atoms with Crippen LogP contribution < -0.4 is 0 Å². The summed E-state index contributed by atoms with van der Waals surface area (Å²) >= 11 is 0. The minimum absolute atomic E-state index is 0.0996. The van der Waals surface area contributed by atoms with Gasteiger partial charge < -0.3 is 14.5 Å². The molecule has 5 heteroatoms. The van der Waals surface area contributed by atoms with Gasteiger partial charge in [-0.25, -0.2) is 0 Å². The van der Waals surface area contributed by atoms with Gasteiger partial charge in [-0.05, 0) is 17.5 Å². The number of benzene rings is 1. The smallest absolute Gasteiger partial charge is 0.276 e. The molecule has 0 spiro atoms. The molecule has 1 amide bonds. The van der Waals surface area contributed by atoms with Gasteiger partial charge in [0.25, 0.3) is 5.91 Å². The van der Waals surface area contributed by atoms with Crippen molar-refractivity contribution in [2.24, 2.45) is 0 Å². The number of hydrogen-bond acceptors (Lipinski definition) is 4. The summed E-state index contributed by atoms with van der Waals surface area (Å²) in [7, 11) is 0. The second kappa shape index (κ2) is 5.93. The van der Waals surface area contributed by atoms with E-state index in [2.05, 4.69) is 5.16 Å². The number of fused-ring (bicyclic) bond motifs is 1. The topological polar surface area (TPSA) is 66.6 Å². The van der Waals surface area contributed by atoms with Crippen LogP contribution in [0.1, 0.15) is 53.2 Å². The van der Waals surface area contributed by atoms with Gasteiger partial charge in [-0.3, -0.25) is 4.79 Å². The molecule has 1 N–H and O–H groups in total. The molecule has 1 aromatic heterocycles. The van der Waals surface area contributed by atoms with E-state index < -0.39 is 0 Å². The van der Waals surface area contributed by atoms with Crippen molar-refractivity contribution in [3.05, 3.63) is 52.9 Å². The average molecular weight is 300 g/mol. The van der Waals surface area contributed by atoms with Gasteiger partial charge in [0.05, 0.1) is 12.6 Å². The quantitative estimate of drug-likeness (QED) is 0.946. The van der Waals surface area contributed by atoms with Crippen LogP contribution in [-0.4, -0.2) is 34.2 Å². The van der Waals surface area contributed by atoms with Crippen molar-refractivity contribution in [1.82, 2.24) is 10.1 Å². The van der Waals surface area contributed by atoms with Gasteiger partial charge in [0, 0.05) is 18.5 Å². The normalized spacial score (nSPS) is 17.6. The van der Waals surface area contributed by atoms with Crippen molar-refractivity contribution in [2.75, 3.05) is 13.2 Å². The monoisotopic (exact) mass is 300 g/mol. The van der Waals surface area contributed by atoms with Gasteiger partial charge in [-0.2, -0.15) is 0 Å². The first-order valence-corrected chi connectivity index (χ1v) is 7.58. The van der Waals surface area contributed by atoms with E-state index in [0.29, 0.717) is 18.0 Å². The zero-order valence-corrected chi connectivity index (χ0v) is 12.8. The molecule has 2 aromatic rings. The maximum absolute atomic E-state index is 12.7. The second-order valence-electron chi connectivity index (χ2n) is 5.91. The van der Waals surface area contributed by atoms with Gasteiger partial charge in [0.15, 0.2) is 5.69 Å². The first kappa shape index (κ1) is 14.8. The van der Waals surface area contributed by atoms with E-state index in [0.717, 1.165) is 12.0 Å². The Balaban J connectivity index is 1.89. The summed E-state index contributed by atoms with van der Waals surface area (Å²) in [5.74, 6) is 0.690. The SMILES string of the molecule is CC(C)c1cc(C(=O)N2CCc3ccccc3[C@H]2CO)no1. The lowest BCUT2D eigenvalue weighted by atomic mass is 9.92. The minimum atomic E-state index is -0.323. The van der Waals surface area contributed by atoms with Crippen LogP contribution in [0.15, 0.2) is 34.9 Å². The van der Waals surface area contributed by atoms with Crippen LogP contribution in [-0.2, 0) is 6.42 Å². The predicted molar refractivity (Wildman–Crippen MR) is 81.6 cm³/mol. The summed E-state index contributed by atoms with van der Waals surface area (Å²) in [4.78, 5) is 14.4. The molecule has 116 valence electrons. The summed E-state index contributed by atoms with van der Waals surface area (Å²) in [5, 5.41) is 13.6. The standard InChI is InChI=1S/C17H20N2O3/c1-11(2)16-9-14(18-22-16)17(21)19-8-7-12-5-3-4-6-13(12)15(19)10-20/h3-6,9,11,15,20H,7-8,10H2,1-2H3/t15-/m1/s1. The number of aliphatic hydroxyl groups is 1. The number of aromatic nitrogens is 1. The van der Waals surface area contributed by atoms with Crippen molar-refractivity contribution < 1.29 is 14.4 Å². The average Bonchev–Trinajstić information content (AvgIpc) is 3.03. The number of rotatable bonds is 3. The van der Waals surface area contributed by atoms with E-state index in [1.165, 1.54) is 5.56 Å². The fraction of sp³-hybridized carbons (Fsp3) is 0.412. The van der Waals surface area contributed by atoms with Crippen molar-refractivity contribution >= 4 is 5.91 Å². The summed E-state index contributed by atoms with van der Waals surface area (Å²) in [6, 6.07) is 9.31. The maximum Gasteiger partial charge on any atom is 0.276 e. The van der Waals surface area contributed by atoms with Gasteiger partial charge in [0.1, 0.15) is 5.76 Å². The number of amides is 1. The third-order valence-electron chi connectivity index (χ3n) is 4.16. The molecule has 0 radical (unpaired) electrons. The zero-order chi connectivity index (χ0) is 15.7. The molecular weight excluding hydrogens is 280 g/mol. The van der Waals surface area contributed by atoms with E-state index in [4.69, 9.17) is 4.52 Å². The van der Waals surface area contributed by atoms with Gasteiger partial charge in [0.2, 0.25) is 0 Å². The zero-order valence-electron chi connectivity index (χ0n) is 12.8. The molecule has 1 aromatic carbocycles. The van der Waals surface area contributed by atoms with Gasteiger partial charge >= 0.3 is 0 Å². The van der Waals surface area contributed by atoms with Crippen LogP contribution in [0.4, 0.5) is 0 Å². The molecular formula is C17H20N2O3. The highest BCUT2D eigenvalue weighted by Gasteiger charge is 2.32. The summed E-state index contributed by atoms with van der Waals surface area (Å²) < 4.78 is 5.22. The third-order valence-corrected chi connectivity index (χ3v) is 4.16. The fourth-order valence-electron chi connectivity index (χ4n) is 2.90. The predicted octanol–water partition coefficient (Wildman–Crippen LogP) is 2.53. The summed E-state index contributed by atoms with van der Waals surface area (Å²) in [6.07, 6.45) is 0.785. The molecule has 0 fully saturated rings. The molecule has 5 nitrogen and oxygen atoms in total. The van der Waals surface area contributed by atoms with Crippen molar-refractivity contribution in [1.29, 1.82) is 0 Å². The fourth-order valence-corrected chi connectivity index (χ4v) is 2.90. The largest absolute Gasteiger partial charge is 0.394 e. The Morgan fingerprint density at radius 3 is 2.91 bits per heavy atom. The van der Waals surface area contributed by atoms with E-state index >= 15 is 0 Å². The third kappa shape index (κ3) is 2.52. The first-order valence-electron chi connectivity index (χ1n) is 7.58. The van der Waals surface area contributed by atoms with Crippen LogP contribution in [0.3, 0.4) is 0 Å². The lowest BCUT2D eigenvalue weighted by Gasteiger charge is -2.35. The molecule has 0 aliphatic carbocycles. The van der Waals surface area contributed by atoms with Crippen LogP contribution in [0.5, 0.6) is 0 Å². The maximum atomic E-state index is 12.7. The molecule has 2 heterocycles. The van der Waals surface area contributed by atoms with E-state index in [-0.39, 0.29) is 24.5 Å². The highest BCUT2D eigenvalue weighted by atomic mass is 16.5. The number of hydrogen-bond donors (Lipinski definition) is 1. The number of nitrogens with zero attached hydrogens (tertiary/aromatic N) is 2. The Kier molecular flexibility index (Phi) is 3.98. The van der Waals surface area contributed by atoms with E-state index in [1.54, 1.807) is 11.0 Å². The summed E-state index contributed by atoms with van der Waals surface area (Å²) in [5.41, 5.74) is 2.51. The van der Waals surface area contributed by atoms with Crippen molar-refractivity contribution in [3.8, 4) is 0 Å². The minimum Gasteiger partial charge on any atom is -0.394 e. The molecule has 0 saturated heterocycles. The van der Waals surface area contributed by atoms with Crippen molar-refractivity contribution in [3.63, 3.8) is 0 Å². The number of aliphatic hydroxyl groups excluding tert-OH is 1. The molecule has 1 atom stereocenters. The lowest BCUT2D eigenvalue weighted by Crippen LogP contribution is -2.41. The van der Waals surface area contributed by atoms with E-state index in [9.17, 15) is 9.90 Å². The molecule has 0 bridgehead atoms. The Morgan fingerprint density at radius 1 is 1.45 bits per heavy atom. The Hall–Kier alpha value is -2.14. The Labute approximate surface area is 129 Å². The first-order chi connectivity index (χ1) is 10.6. The van der Waals surface area contributed by atoms with Crippen LogP contribution in [0, 0.1) is 0 Å². The molecule has 1 aliphatic rings. The highest BCUT2D eigenvalue weighted by Crippen LogP contribution is 2.30. The Bertz CT molecular complexity index is 678. The van der Waals surface area contributed by atoms with Crippen LogP contribution >= 0.6 is 0 Å². The molecule has 22 heavy (non-hydrogen) atoms. The summed E-state index contributed by atoms with van der Waals surface area (Å²) in [6.45, 7) is 4.45. The van der Waals surface area contributed by atoms with E-state index in [1.807, 2.05) is 38.1 Å². The number of carbonyl (C=O) groups is 1. The second-order valence-corrected chi connectivity index (χ2v) is 5.91. The molecule has 1 aliphatic heterocycles. The molecule has 0 unspecified atom stereocenters. The highest BCUT2D eigenvalue weighted by molar-refractivity contribution is 5.92. The Morgan fingerprint density at radius 2 is 2.23 bits per heavy atom. The number of carbonyl (C=O) groups excluding carboxylic acids is 1. The van der Waals surface area contributed by atoms with Crippen LogP contribution in [0.25, 0.3) is 0 Å². The molecule has 3 rings (SSSR count). The molecule has 0 saturated carbocycles.